The monoisotopic (exact) mass is 559 g/mol. The maximum atomic E-state index is 13.8. The Morgan fingerprint density at radius 1 is 1.00 bits per heavy atom. The number of amides is 1. The smallest absolute Gasteiger partial charge is 0.255 e. The van der Waals surface area contributed by atoms with Crippen molar-refractivity contribution in [2.75, 3.05) is 31.5 Å². The molecule has 0 spiro atoms. The molecule has 0 aliphatic carbocycles. The molecule has 5 rings (SSSR count). The van der Waals surface area contributed by atoms with Crippen LogP contribution in [0.1, 0.15) is 31.0 Å². The molecule has 41 heavy (non-hydrogen) atoms. The highest BCUT2D eigenvalue weighted by molar-refractivity contribution is 6.06. The highest BCUT2D eigenvalue weighted by Crippen LogP contribution is 2.40. The Hall–Kier alpha value is -5.06. The molecule has 10 nitrogen and oxygen atoms in total. The van der Waals surface area contributed by atoms with Crippen molar-refractivity contribution in [3.63, 3.8) is 0 Å². The van der Waals surface area contributed by atoms with Gasteiger partial charge in [-0.25, -0.2) is 9.07 Å². The molecule has 0 unspecified atom stereocenters. The van der Waals surface area contributed by atoms with Crippen LogP contribution in [0.3, 0.4) is 0 Å². The fourth-order valence-electron chi connectivity index (χ4n) is 4.61. The number of hydrogen-bond acceptors (Lipinski definition) is 8. The van der Waals surface area contributed by atoms with E-state index in [4.69, 9.17) is 18.9 Å². The number of carbonyl (C=O) groups is 1. The second kappa shape index (κ2) is 12.0. The van der Waals surface area contributed by atoms with Gasteiger partial charge in [-0.3, -0.25) is 4.79 Å². The van der Waals surface area contributed by atoms with Crippen molar-refractivity contribution in [1.82, 2.24) is 14.8 Å². The van der Waals surface area contributed by atoms with Crippen molar-refractivity contribution >= 4 is 17.5 Å². The lowest BCUT2D eigenvalue weighted by Gasteiger charge is -2.29. The minimum absolute atomic E-state index is 0.233. The summed E-state index contributed by atoms with van der Waals surface area (Å²) in [5.41, 5.74) is 3.09. The molecule has 0 saturated carbocycles. The highest BCUT2D eigenvalue weighted by atomic mass is 19.1. The van der Waals surface area contributed by atoms with Gasteiger partial charge in [-0.2, -0.15) is 10.1 Å². The fourth-order valence-corrected chi connectivity index (χ4v) is 4.61. The second-order valence-corrected chi connectivity index (χ2v) is 9.17. The third kappa shape index (κ3) is 5.79. The van der Waals surface area contributed by atoms with E-state index >= 15 is 0 Å². The average molecular weight is 560 g/mol. The van der Waals surface area contributed by atoms with Gasteiger partial charge in [-0.1, -0.05) is 18.2 Å². The molecule has 0 saturated heterocycles. The van der Waals surface area contributed by atoms with E-state index in [0.717, 1.165) is 11.1 Å². The van der Waals surface area contributed by atoms with Gasteiger partial charge < -0.3 is 29.6 Å². The van der Waals surface area contributed by atoms with E-state index in [1.54, 1.807) is 48.2 Å². The Kier molecular flexibility index (Phi) is 8.04. The number of fused-ring (bicyclic) bond motifs is 1. The molecule has 1 amide bonds. The highest BCUT2D eigenvalue weighted by Gasteiger charge is 2.34. The lowest BCUT2D eigenvalue weighted by Crippen LogP contribution is -2.31. The van der Waals surface area contributed by atoms with Gasteiger partial charge in [-0.05, 0) is 61.4 Å². The Balaban J connectivity index is 1.48. The van der Waals surface area contributed by atoms with Crippen LogP contribution in [0.4, 0.5) is 16.0 Å². The van der Waals surface area contributed by atoms with Gasteiger partial charge in [0.15, 0.2) is 11.5 Å². The molecule has 4 aromatic rings. The van der Waals surface area contributed by atoms with Crippen LogP contribution in [-0.2, 0) is 11.4 Å². The van der Waals surface area contributed by atoms with Gasteiger partial charge >= 0.3 is 0 Å². The van der Waals surface area contributed by atoms with Crippen molar-refractivity contribution < 1.29 is 28.1 Å². The summed E-state index contributed by atoms with van der Waals surface area (Å²) in [4.78, 5) is 18.1. The summed E-state index contributed by atoms with van der Waals surface area (Å²) in [6.07, 6.45) is 1.43. The number of allylic oxidation sites excluding steroid dienone is 1. The summed E-state index contributed by atoms with van der Waals surface area (Å²) in [5, 5.41) is 10.5. The summed E-state index contributed by atoms with van der Waals surface area (Å²) in [5.74, 6) is 1.92. The van der Waals surface area contributed by atoms with E-state index in [1.807, 2.05) is 26.0 Å². The van der Waals surface area contributed by atoms with E-state index in [2.05, 4.69) is 20.7 Å². The molecule has 1 aromatic heterocycles. The van der Waals surface area contributed by atoms with Gasteiger partial charge in [0.25, 0.3) is 5.91 Å². The molecule has 3 aromatic carbocycles. The van der Waals surface area contributed by atoms with Gasteiger partial charge in [0.05, 0.1) is 32.1 Å². The number of ether oxygens (including phenoxy) is 4. The van der Waals surface area contributed by atoms with Crippen molar-refractivity contribution in [3.8, 4) is 23.0 Å². The van der Waals surface area contributed by atoms with Crippen molar-refractivity contribution in [1.29, 1.82) is 0 Å². The molecule has 1 atom stereocenters. The van der Waals surface area contributed by atoms with E-state index in [0.29, 0.717) is 52.5 Å². The summed E-state index contributed by atoms with van der Waals surface area (Å²) in [6.45, 7) is 4.32. The van der Waals surface area contributed by atoms with Gasteiger partial charge in [-0.15, -0.1) is 0 Å². The number of benzene rings is 3. The van der Waals surface area contributed by atoms with Crippen molar-refractivity contribution in [2.45, 2.75) is 26.5 Å². The van der Waals surface area contributed by atoms with Crippen LogP contribution in [0.15, 0.2) is 78.3 Å². The Bertz CT molecular complexity index is 1580. The minimum Gasteiger partial charge on any atom is -0.497 e. The lowest BCUT2D eigenvalue weighted by molar-refractivity contribution is -0.113. The average Bonchev–Trinajstić information content (AvgIpc) is 3.45. The number of anilines is 2. The van der Waals surface area contributed by atoms with Crippen LogP contribution in [0, 0.1) is 5.82 Å². The molecule has 0 fully saturated rings. The SMILES string of the molecule is CCOc1cc([C@@H]2C(C(=O)Nc3ccc(OC)cc3OC)=C(C)Nc3ncnn32)ccc1OCc1ccc(F)cc1. The normalized spacial score (nSPS) is 14.1. The molecule has 11 heteroatoms. The number of nitrogens with zero attached hydrogens (tertiary/aromatic N) is 3. The number of methoxy groups -OCH3 is 2. The van der Waals surface area contributed by atoms with Crippen LogP contribution in [-0.4, -0.2) is 41.5 Å². The predicted octanol–water partition coefficient (Wildman–Crippen LogP) is 5.34. The standard InChI is InChI=1S/C30H30FN5O5/c1-5-40-26-14-20(8-13-24(26)41-16-19-6-9-21(31)10-7-19)28-27(18(2)34-30-32-17-33-36(28)30)29(37)35-23-12-11-22(38-3)15-25(23)39-4/h6-15,17,28H,5,16H2,1-4H3,(H,35,37)(H,32,33,34)/t28-/m1/s1. The molecule has 212 valence electrons. The van der Waals surface area contributed by atoms with E-state index in [-0.39, 0.29) is 18.3 Å². The maximum absolute atomic E-state index is 13.8. The molecule has 1 aliphatic heterocycles. The number of halogens is 1. The first-order valence-corrected chi connectivity index (χ1v) is 13.0. The second-order valence-electron chi connectivity index (χ2n) is 9.17. The van der Waals surface area contributed by atoms with Gasteiger partial charge in [0, 0.05) is 11.8 Å². The molecule has 2 heterocycles. The van der Waals surface area contributed by atoms with Crippen LogP contribution in [0.2, 0.25) is 0 Å². The largest absolute Gasteiger partial charge is 0.497 e. The van der Waals surface area contributed by atoms with E-state index in [1.165, 1.54) is 25.6 Å². The van der Waals surface area contributed by atoms with Crippen LogP contribution in [0.25, 0.3) is 0 Å². The molecular formula is C30H30FN5O5. The van der Waals surface area contributed by atoms with Gasteiger partial charge in [0.2, 0.25) is 5.95 Å². The third-order valence-corrected chi connectivity index (χ3v) is 6.59. The first-order chi connectivity index (χ1) is 19.9. The van der Waals surface area contributed by atoms with Crippen molar-refractivity contribution in [2.24, 2.45) is 0 Å². The molecule has 0 radical (unpaired) electrons. The van der Waals surface area contributed by atoms with Gasteiger partial charge in [0.1, 0.15) is 36.3 Å². The number of aromatic nitrogens is 3. The van der Waals surface area contributed by atoms with Crippen LogP contribution < -0.4 is 29.6 Å². The Morgan fingerprint density at radius 2 is 1.80 bits per heavy atom. The zero-order valence-corrected chi connectivity index (χ0v) is 23.1. The number of carbonyl (C=O) groups excluding carboxylic acids is 1. The summed E-state index contributed by atoms with van der Waals surface area (Å²) >= 11 is 0. The van der Waals surface area contributed by atoms with Crippen LogP contribution >= 0.6 is 0 Å². The fraction of sp³-hybridized carbons (Fsp3) is 0.233. The Morgan fingerprint density at radius 3 is 2.54 bits per heavy atom. The quantitative estimate of drug-likeness (QED) is 0.268. The maximum Gasteiger partial charge on any atom is 0.255 e. The molecule has 2 N–H and O–H groups in total. The predicted molar refractivity (Wildman–Crippen MR) is 151 cm³/mol. The number of rotatable bonds is 10. The molecule has 1 aliphatic rings. The Labute approximate surface area is 236 Å². The van der Waals surface area contributed by atoms with Crippen LogP contribution in [0.5, 0.6) is 23.0 Å². The third-order valence-electron chi connectivity index (χ3n) is 6.59. The summed E-state index contributed by atoms with van der Waals surface area (Å²) in [6, 6.07) is 16.1. The summed E-state index contributed by atoms with van der Waals surface area (Å²) < 4.78 is 37.6. The molecule has 0 bridgehead atoms. The number of hydrogen-bond donors (Lipinski definition) is 2. The summed E-state index contributed by atoms with van der Waals surface area (Å²) in [7, 11) is 3.08. The zero-order valence-electron chi connectivity index (χ0n) is 23.1. The topological polar surface area (TPSA) is 109 Å². The molecular weight excluding hydrogens is 529 g/mol. The van der Waals surface area contributed by atoms with E-state index in [9.17, 15) is 9.18 Å². The van der Waals surface area contributed by atoms with Crippen molar-refractivity contribution in [3.05, 3.63) is 95.2 Å². The first kappa shape index (κ1) is 27.5. The number of nitrogens with one attached hydrogen (secondary N) is 2. The van der Waals surface area contributed by atoms with E-state index < -0.39 is 6.04 Å². The lowest BCUT2D eigenvalue weighted by atomic mass is 9.94. The first-order valence-electron chi connectivity index (χ1n) is 13.0. The minimum atomic E-state index is -0.622. The zero-order chi connectivity index (χ0) is 28.9.